The number of hydrogen-bond acceptors (Lipinski definition) is 6. The summed E-state index contributed by atoms with van der Waals surface area (Å²) in [5.41, 5.74) is 6.37. The zero-order valence-electron chi connectivity index (χ0n) is 25.3. The molecular weight excluding hydrogens is 552 g/mol. The van der Waals surface area contributed by atoms with Crippen molar-refractivity contribution in [2.75, 3.05) is 32.6 Å². The molecule has 1 aliphatic rings. The standard InChI is InChI=1S/C36H38N4O4/c1-43-25-15-13-24(14-16-25)22-40-23-30(35(41)28-10-4-6-12-33(28)40)36(42)38-20-8-7-19-37-34-27-9-3-5-11-31(27)39-32-18-17-26(44-2)21-29(32)34/h4,6,10,12-18,21,23H,3,5,7-9,11,19-20,22H2,1-2H3,(H,37,39)(H,38,42). The Labute approximate surface area is 257 Å². The molecule has 0 saturated carbocycles. The highest BCUT2D eigenvalue weighted by molar-refractivity contribution is 5.97. The molecule has 2 heterocycles. The van der Waals surface area contributed by atoms with E-state index in [2.05, 4.69) is 16.7 Å². The number of benzene rings is 3. The van der Waals surface area contributed by atoms with Crippen molar-refractivity contribution < 1.29 is 14.3 Å². The number of ether oxygens (including phenoxy) is 2. The van der Waals surface area contributed by atoms with Crippen molar-refractivity contribution in [1.82, 2.24) is 14.9 Å². The summed E-state index contributed by atoms with van der Waals surface area (Å²) in [5, 5.41) is 8.28. The predicted octanol–water partition coefficient (Wildman–Crippen LogP) is 6.12. The average Bonchev–Trinajstić information content (AvgIpc) is 3.07. The first-order valence-electron chi connectivity index (χ1n) is 15.3. The fourth-order valence-corrected chi connectivity index (χ4v) is 6.06. The van der Waals surface area contributed by atoms with Gasteiger partial charge in [0.1, 0.15) is 17.1 Å². The van der Waals surface area contributed by atoms with Gasteiger partial charge in [0.05, 0.1) is 25.3 Å². The van der Waals surface area contributed by atoms with Crippen LogP contribution in [0.25, 0.3) is 21.8 Å². The first-order valence-corrected chi connectivity index (χ1v) is 15.3. The van der Waals surface area contributed by atoms with Crippen molar-refractivity contribution in [3.63, 3.8) is 0 Å². The van der Waals surface area contributed by atoms with Crippen molar-refractivity contribution >= 4 is 33.4 Å². The Morgan fingerprint density at radius 1 is 0.886 bits per heavy atom. The summed E-state index contributed by atoms with van der Waals surface area (Å²) in [4.78, 5) is 31.5. The maximum atomic E-state index is 13.3. The fraction of sp³-hybridized carbons (Fsp3) is 0.306. The number of para-hydroxylation sites is 1. The number of methoxy groups -OCH3 is 2. The van der Waals surface area contributed by atoms with Gasteiger partial charge in [-0.1, -0.05) is 24.3 Å². The van der Waals surface area contributed by atoms with E-state index in [-0.39, 0.29) is 16.9 Å². The Morgan fingerprint density at radius 3 is 2.45 bits per heavy atom. The minimum Gasteiger partial charge on any atom is -0.497 e. The molecule has 0 bridgehead atoms. The molecule has 226 valence electrons. The number of carbonyl (C=O) groups excluding carboxylic acids is 1. The normalized spacial score (nSPS) is 12.6. The van der Waals surface area contributed by atoms with Crippen LogP contribution >= 0.6 is 0 Å². The van der Waals surface area contributed by atoms with Gasteiger partial charge < -0.3 is 24.7 Å². The number of pyridine rings is 2. The molecule has 0 radical (unpaired) electrons. The van der Waals surface area contributed by atoms with E-state index in [4.69, 9.17) is 14.5 Å². The van der Waals surface area contributed by atoms with Gasteiger partial charge in [0, 0.05) is 48.0 Å². The maximum absolute atomic E-state index is 13.3. The summed E-state index contributed by atoms with van der Waals surface area (Å²) in [6.45, 7) is 1.77. The third-order valence-corrected chi connectivity index (χ3v) is 8.40. The second-order valence-electron chi connectivity index (χ2n) is 11.3. The van der Waals surface area contributed by atoms with Crippen LogP contribution in [0.1, 0.15) is 52.9 Å². The van der Waals surface area contributed by atoms with E-state index in [1.54, 1.807) is 26.5 Å². The summed E-state index contributed by atoms with van der Waals surface area (Å²) >= 11 is 0. The number of rotatable bonds is 11. The maximum Gasteiger partial charge on any atom is 0.256 e. The number of nitrogens with one attached hydrogen (secondary N) is 2. The monoisotopic (exact) mass is 590 g/mol. The molecule has 0 fully saturated rings. The lowest BCUT2D eigenvalue weighted by molar-refractivity contribution is 0.0951. The lowest BCUT2D eigenvalue weighted by Crippen LogP contribution is -2.30. The first-order chi connectivity index (χ1) is 21.6. The van der Waals surface area contributed by atoms with Gasteiger partial charge in [-0.2, -0.15) is 0 Å². The summed E-state index contributed by atoms with van der Waals surface area (Å²) in [6.07, 6.45) is 7.69. The number of unbranched alkanes of at least 4 members (excludes halogenated alkanes) is 1. The highest BCUT2D eigenvalue weighted by Gasteiger charge is 2.19. The van der Waals surface area contributed by atoms with Crippen LogP contribution in [-0.2, 0) is 19.4 Å². The Kier molecular flexibility index (Phi) is 8.77. The van der Waals surface area contributed by atoms with Gasteiger partial charge in [-0.25, -0.2) is 0 Å². The number of aryl methyl sites for hydroxylation is 1. The molecule has 0 aliphatic heterocycles. The summed E-state index contributed by atoms with van der Waals surface area (Å²) in [5.74, 6) is 1.25. The van der Waals surface area contributed by atoms with Gasteiger partial charge in [-0.05, 0) is 92.1 Å². The van der Waals surface area contributed by atoms with Crippen LogP contribution < -0.4 is 25.5 Å². The van der Waals surface area contributed by atoms with Gasteiger partial charge in [0.2, 0.25) is 5.43 Å². The number of fused-ring (bicyclic) bond motifs is 3. The highest BCUT2D eigenvalue weighted by atomic mass is 16.5. The van der Waals surface area contributed by atoms with Crippen molar-refractivity contribution in [2.24, 2.45) is 0 Å². The molecule has 3 aromatic carbocycles. The zero-order valence-corrected chi connectivity index (χ0v) is 25.3. The molecule has 8 heteroatoms. The van der Waals surface area contributed by atoms with E-state index in [0.717, 1.165) is 71.4 Å². The minimum absolute atomic E-state index is 0.152. The van der Waals surface area contributed by atoms with Crippen molar-refractivity contribution in [2.45, 2.75) is 45.1 Å². The molecule has 1 aliphatic carbocycles. The topological polar surface area (TPSA) is 94.5 Å². The molecular formula is C36H38N4O4. The number of aromatic nitrogens is 2. The minimum atomic E-state index is -0.349. The molecule has 5 aromatic rings. The molecule has 0 atom stereocenters. The van der Waals surface area contributed by atoms with Crippen molar-refractivity contribution in [3.8, 4) is 11.5 Å². The quantitative estimate of drug-likeness (QED) is 0.180. The average molecular weight is 591 g/mol. The SMILES string of the molecule is COc1ccc(Cn2cc(C(=O)NCCCCNc3c4c(nc5ccc(OC)cc35)CCCC4)c(=O)c3ccccc32)cc1. The van der Waals surface area contributed by atoms with E-state index >= 15 is 0 Å². The molecule has 6 rings (SSSR count). The summed E-state index contributed by atoms with van der Waals surface area (Å²) in [6, 6.07) is 21.3. The van der Waals surface area contributed by atoms with Gasteiger partial charge in [0.25, 0.3) is 5.91 Å². The summed E-state index contributed by atoms with van der Waals surface area (Å²) < 4.78 is 12.7. The van der Waals surface area contributed by atoms with Crippen LogP contribution in [0.3, 0.4) is 0 Å². The van der Waals surface area contributed by atoms with Gasteiger partial charge in [-0.15, -0.1) is 0 Å². The molecule has 2 aromatic heterocycles. The Morgan fingerprint density at radius 2 is 1.64 bits per heavy atom. The Balaban J connectivity index is 1.11. The number of amides is 1. The molecule has 44 heavy (non-hydrogen) atoms. The van der Waals surface area contributed by atoms with E-state index in [1.807, 2.05) is 59.2 Å². The van der Waals surface area contributed by atoms with Crippen LogP contribution in [0.5, 0.6) is 11.5 Å². The molecule has 0 saturated heterocycles. The van der Waals surface area contributed by atoms with Gasteiger partial charge in [-0.3, -0.25) is 14.6 Å². The fourth-order valence-electron chi connectivity index (χ4n) is 6.06. The zero-order chi connectivity index (χ0) is 30.5. The van der Waals surface area contributed by atoms with Crippen LogP contribution in [0, 0.1) is 0 Å². The number of hydrogen-bond donors (Lipinski definition) is 2. The number of anilines is 1. The first kappa shape index (κ1) is 29.2. The van der Waals surface area contributed by atoms with Crippen molar-refractivity contribution in [3.05, 3.63) is 106 Å². The lowest BCUT2D eigenvalue weighted by atomic mass is 9.92. The highest BCUT2D eigenvalue weighted by Crippen LogP contribution is 2.35. The third kappa shape index (κ3) is 6.11. The molecule has 8 nitrogen and oxygen atoms in total. The van der Waals surface area contributed by atoms with Gasteiger partial charge in [0.15, 0.2) is 0 Å². The Hall–Kier alpha value is -4.85. The summed E-state index contributed by atoms with van der Waals surface area (Å²) in [7, 11) is 3.32. The number of nitrogens with zero attached hydrogens (tertiary/aromatic N) is 2. The third-order valence-electron chi connectivity index (χ3n) is 8.40. The molecule has 2 N–H and O–H groups in total. The van der Waals surface area contributed by atoms with E-state index in [0.29, 0.717) is 18.5 Å². The smallest absolute Gasteiger partial charge is 0.256 e. The van der Waals surface area contributed by atoms with E-state index in [9.17, 15) is 9.59 Å². The van der Waals surface area contributed by atoms with Gasteiger partial charge >= 0.3 is 0 Å². The van der Waals surface area contributed by atoms with Crippen LogP contribution in [0.4, 0.5) is 5.69 Å². The largest absolute Gasteiger partial charge is 0.497 e. The van der Waals surface area contributed by atoms with E-state index in [1.165, 1.54) is 24.1 Å². The lowest BCUT2D eigenvalue weighted by Gasteiger charge is -2.22. The van der Waals surface area contributed by atoms with Crippen LogP contribution in [0.15, 0.2) is 77.7 Å². The second-order valence-corrected chi connectivity index (χ2v) is 11.3. The Bertz CT molecular complexity index is 1860. The molecule has 0 spiro atoms. The van der Waals surface area contributed by atoms with E-state index < -0.39 is 0 Å². The van der Waals surface area contributed by atoms with Crippen LogP contribution in [0.2, 0.25) is 0 Å². The number of carbonyl (C=O) groups is 1. The second kappa shape index (κ2) is 13.2. The van der Waals surface area contributed by atoms with Crippen molar-refractivity contribution in [1.29, 1.82) is 0 Å². The predicted molar refractivity (Wildman–Crippen MR) is 175 cm³/mol. The molecule has 0 unspecified atom stereocenters. The molecule has 1 amide bonds. The van der Waals surface area contributed by atoms with Crippen LogP contribution in [-0.4, -0.2) is 42.8 Å².